The predicted octanol–water partition coefficient (Wildman–Crippen LogP) is 4.52. The van der Waals surface area contributed by atoms with E-state index in [1.54, 1.807) is 14.2 Å². The number of nitrogens with zero attached hydrogens (tertiary/aromatic N) is 1. The van der Waals surface area contributed by atoms with Crippen molar-refractivity contribution in [3.8, 4) is 11.5 Å². The SMILES string of the molecule is CCOc1ccc(NC(=NC)NCc2ccc(C)cc2C)cc1OC.I. The number of halogens is 1. The zero-order chi connectivity index (χ0) is 18.2. The normalized spacial score (nSPS) is 10.7. The van der Waals surface area contributed by atoms with Gasteiger partial charge in [-0.2, -0.15) is 0 Å². The van der Waals surface area contributed by atoms with E-state index in [-0.39, 0.29) is 24.0 Å². The van der Waals surface area contributed by atoms with Crippen molar-refractivity contribution >= 4 is 35.6 Å². The highest BCUT2D eigenvalue weighted by Crippen LogP contribution is 2.30. The molecule has 0 aromatic heterocycles. The maximum atomic E-state index is 5.54. The summed E-state index contributed by atoms with van der Waals surface area (Å²) < 4.78 is 10.9. The smallest absolute Gasteiger partial charge is 0.195 e. The number of ether oxygens (including phenoxy) is 2. The van der Waals surface area contributed by atoms with Gasteiger partial charge in [0.25, 0.3) is 0 Å². The van der Waals surface area contributed by atoms with Gasteiger partial charge in [-0.25, -0.2) is 0 Å². The third-order valence-corrected chi connectivity index (χ3v) is 3.89. The minimum atomic E-state index is 0. The molecule has 2 aromatic carbocycles. The van der Waals surface area contributed by atoms with Crippen molar-refractivity contribution in [1.82, 2.24) is 5.32 Å². The lowest BCUT2D eigenvalue weighted by molar-refractivity contribution is 0.311. The third-order valence-electron chi connectivity index (χ3n) is 3.89. The number of nitrogens with one attached hydrogen (secondary N) is 2. The molecule has 0 saturated carbocycles. The molecule has 0 aliphatic carbocycles. The number of methoxy groups -OCH3 is 1. The number of guanidine groups is 1. The van der Waals surface area contributed by atoms with E-state index in [1.807, 2.05) is 25.1 Å². The zero-order valence-electron chi connectivity index (χ0n) is 16.1. The topological polar surface area (TPSA) is 54.9 Å². The molecule has 5 nitrogen and oxygen atoms in total. The quantitative estimate of drug-likeness (QED) is 0.371. The largest absolute Gasteiger partial charge is 0.493 e. The van der Waals surface area contributed by atoms with Gasteiger partial charge in [-0.1, -0.05) is 23.8 Å². The van der Waals surface area contributed by atoms with Crippen molar-refractivity contribution in [2.45, 2.75) is 27.3 Å². The van der Waals surface area contributed by atoms with E-state index in [9.17, 15) is 0 Å². The molecule has 0 unspecified atom stereocenters. The summed E-state index contributed by atoms with van der Waals surface area (Å²) in [5, 5.41) is 6.62. The molecule has 0 amide bonds. The molecular formula is C20H28IN3O2. The number of anilines is 1. The first-order valence-electron chi connectivity index (χ1n) is 8.42. The molecule has 26 heavy (non-hydrogen) atoms. The number of hydrogen-bond acceptors (Lipinski definition) is 3. The molecule has 0 aliphatic heterocycles. The van der Waals surface area contributed by atoms with Gasteiger partial charge in [0.2, 0.25) is 0 Å². The fourth-order valence-corrected chi connectivity index (χ4v) is 2.56. The Kier molecular flexibility index (Phi) is 9.26. The molecule has 142 valence electrons. The Morgan fingerprint density at radius 2 is 1.85 bits per heavy atom. The van der Waals surface area contributed by atoms with Gasteiger partial charge >= 0.3 is 0 Å². The van der Waals surface area contributed by atoms with Crippen LogP contribution in [0, 0.1) is 13.8 Å². The lowest BCUT2D eigenvalue weighted by Gasteiger charge is -2.15. The highest BCUT2D eigenvalue weighted by molar-refractivity contribution is 14.0. The molecule has 0 atom stereocenters. The molecule has 0 heterocycles. The Morgan fingerprint density at radius 1 is 1.08 bits per heavy atom. The van der Waals surface area contributed by atoms with Gasteiger partial charge in [0.1, 0.15) is 0 Å². The van der Waals surface area contributed by atoms with E-state index in [4.69, 9.17) is 9.47 Å². The second kappa shape index (κ2) is 10.9. The average Bonchev–Trinajstić information content (AvgIpc) is 2.61. The summed E-state index contributed by atoms with van der Waals surface area (Å²) >= 11 is 0. The van der Waals surface area contributed by atoms with Crippen LogP contribution < -0.4 is 20.1 Å². The molecule has 0 radical (unpaired) electrons. The van der Waals surface area contributed by atoms with Crippen LogP contribution in [0.2, 0.25) is 0 Å². The highest BCUT2D eigenvalue weighted by atomic mass is 127. The lowest BCUT2D eigenvalue weighted by atomic mass is 10.1. The zero-order valence-corrected chi connectivity index (χ0v) is 18.4. The summed E-state index contributed by atoms with van der Waals surface area (Å²) in [4.78, 5) is 4.28. The van der Waals surface area contributed by atoms with Crippen LogP contribution in [0.25, 0.3) is 0 Å². The Bertz CT molecular complexity index is 748. The van der Waals surface area contributed by atoms with Crippen molar-refractivity contribution < 1.29 is 9.47 Å². The number of rotatable bonds is 6. The molecule has 2 rings (SSSR count). The monoisotopic (exact) mass is 469 g/mol. The molecule has 6 heteroatoms. The van der Waals surface area contributed by atoms with E-state index in [0.29, 0.717) is 24.9 Å². The van der Waals surface area contributed by atoms with Gasteiger partial charge in [-0.05, 0) is 44.0 Å². The second-order valence-electron chi connectivity index (χ2n) is 5.78. The van der Waals surface area contributed by atoms with Crippen LogP contribution in [0.15, 0.2) is 41.4 Å². The van der Waals surface area contributed by atoms with Crippen LogP contribution >= 0.6 is 24.0 Å². The number of aryl methyl sites for hydroxylation is 2. The lowest BCUT2D eigenvalue weighted by Crippen LogP contribution is -2.30. The first-order valence-corrected chi connectivity index (χ1v) is 8.42. The van der Waals surface area contributed by atoms with Crippen molar-refractivity contribution in [3.63, 3.8) is 0 Å². The molecule has 0 aliphatic rings. The first-order chi connectivity index (χ1) is 12.1. The van der Waals surface area contributed by atoms with Crippen LogP contribution in [0.5, 0.6) is 11.5 Å². The van der Waals surface area contributed by atoms with Gasteiger partial charge in [0.05, 0.1) is 13.7 Å². The van der Waals surface area contributed by atoms with Gasteiger partial charge in [-0.15, -0.1) is 24.0 Å². The molecule has 2 N–H and O–H groups in total. The van der Waals surface area contributed by atoms with Gasteiger partial charge < -0.3 is 20.1 Å². The minimum absolute atomic E-state index is 0. The highest BCUT2D eigenvalue weighted by Gasteiger charge is 2.07. The molecular weight excluding hydrogens is 441 g/mol. The summed E-state index contributed by atoms with van der Waals surface area (Å²) in [6, 6.07) is 12.2. The number of aliphatic imine (C=N–C) groups is 1. The van der Waals surface area contributed by atoms with E-state index in [2.05, 4.69) is 47.7 Å². The summed E-state index contributed by atoms with van der Waals surface area (Å²) in [6.45, 7) is 7.48. The van der Waals surface area contributed by atoms with E-state index >= 15 is 0 Å². The maximum absolute atomic E-state index is 5.54. The van der Waals surface area contributed by atoms with Crippen molar-refractivity contribution in [2.24, 2.45) is 4.99 Å². The van der Waals surface area contributed by atoms with E-state index < -0.39 is 0 Å². The first kappa shape index (κ1) is 22.1. The third kappa shape index (κ3) is 6.09. The molecule has 0 saturated heterocycles. The Morgan fingerprint density at radius 3 is 2.46 bits per heavy atom. The summed E-state index contributed by atoms with van der Waals surface area (Å²) in [5.41, 5.74) is 4.67. The van der Waals surface area contributed by atoms with E-state index in [0.717, 1.165) is 11.4 Å². The van der Waals surface area contributed by atoms with Crippen molar-refractivity contribution in [3.05, 3.63) is 53.1 Å². The number of benzene rings is 2. The van der Waals surface area contributed by atoms with Crippen LogP contribution in [-0.2, 0) is 6.54 Å². The molecule has 0 fully saturated rings. The van der Waals surface area contributed by atoms with Crippen LogP contribution in [-0.4, -0.2) is 26.7 Å². The second-order valence-corrected chi connectivity index (χ2v) is 5.78. The minimum Gasteiger partial charge on any atom is -0.493 e. The fourth-order valence-electron chi connectivity index (χ4n) is 2.56. The molecule has 0 spiro atoms. The van der Waals surface area contributed by atoms with Gasteiger partial charge in [0.15, 0.2) is 17.5 Å². The Labute approximate surface area is 173 Å². The summed E-state index contributed by atoms with van der Waals surface area (Å²) in [7, 11) is 3.39. The average molecular weight is 469 g/mol. The van der Waals surface area contributed by atoms with Gasteiger partial charge in [-0.3, -0.25) is 4.99 Å². The van der Waals surface area contributed by atoms with Crippen LogP contribution in [0.3, 0.4) is 0 Å². The molecule has 0 bridgehead atoms. The van der Waals surface area contributed by atoms with Crippen LogP contribution in [0.1, 0.15) is 23.6 Å². The van der Waals surface area contributed by atoms with Gasteiger partial charge in [0, 0.05) is 25.3 Å². The summed E-state index contributed by atoms with van der Waals surface area (Å²) in [5.74, 6) is 2.12. The van der Waals surface area contributed by atoms with E-state index in [1.165, 1.54) is 16.7 Å². The van der Waals surface area contributed by atoms with Crippen molar-refractivity contribution in [2.75, 3.05) is 26.1 Å². The Hall–Kier alpha value is -1.96. The predicted molar refractivity (Wildman–Crippen MR) is 119 cm³/mol. The molecule has 2 aromatic rings. The Balaban J connectivity index is 0.00000338. The fraction of sp³-hybridized carbons (Fsp3) is 0.350. The van der Waals surface area contributed by atoms with Crippen molar-refractivity contribution in [1.29, 1.82) is 0 Å². The summed E-state index contributed by atoms with van der Waals surface area (Å²) in [6.07, 6.45) is 0. The number of hydrogen-bond donors (Lipinski definition) is 2. The standard InChI is InChI=1S/C20H27N3O2.HI/c1-6-25-18-10-9-17(12-19(18)24-5)23-20(21-4)22-13-16-8-7-14(2)11-15(16)3;/h7-12H,6,13H2,1-5H3,(H2,21,22,23);1H. The maximum Gasteiger partial charge on any atom is 0.195 e. The van der Waals surface area contributed by atoms with Crippen LogP contribution in [0.4, 0.5) is 5.69 Å².